The highest BCUT2D eigenvalue weighted by molar-refractivity contribution is 5.81. The van der Waals surface area contributed by atoms with Crippen LogP contribution in [-0.4, -0.2) is 29.3 Å². The number of carboxylic acids is 1. The van der Waals surface area contributed by atoms with Gasteiger partial charge in [0.05, 0.1) is 5.41 Å². The van der Waals surface area contributed by atoms with Crippen LogP contribution in [0.4, 0.5) is 5.69 Å². The highest BCUT2D eigenvalue weighted by atomic mass is 16.4. The Morgan fingerprint density at radius 1 is 1.14 bits per heavy atom. The van der Waals surface area contributed by atoms with Gasteiger partial charge in [0.1, 0.15) is 0 Å². The van der Waals surface area contributed by atoms with E-state index in [0.29, 0.717) is 5.56 Å². The smallest absolute Gasteiger partial charge is 0.340 e. The lowest BCUT2D eigenvalue weighted by Crippen LogP contribution is -2.45. The van der Waals surface area contributed by atoms with E-state index in [-0.39, 0.29) is 5.92 Å². The monoisotopic (exact) mass is 385 g/mol. The van der Waals surface area contributed by atoms with Gasteiger partial charge in [-0.05, 0) is 65.2 Å². The summed E-state index contributed by atoms with van der Waals surface area (Å²) in [5.74, 6) is 4.73. The molecule has 0 heterocycles. The van der Waals surface area contributed by atoms with Crippen LogP contribution >= 0.6 is 0 Å². The maximum Gasteiger partial charge on any atom is 0.340 e. The van der Waals surface area contributed by atoms with Gasteiger partial charge in [0, 0.05) is 30.3 Å². The molecule has 0 amide bonds. The largest absolute Gasteiger partial charge is 0.479 e. The summed E-state index contributed by atoms with van der Waals surface area (Å²) in [7, 11) is 0. The lowest BCUT2D eigenvalue weighted by molar-refractivity contribution is -0.168. The first-order valence-corrected chi connectivity index (χ1v) is 10.5. The van der Waals surface area contributed by atoms with Gasteiger partial charge < -0.3 is 15.1 Å². The molecule has 2 rings (SSSR count). The first-order valence-electron chi connectivity index (χ1n) is 10.5. The summed E-state index contributed by atoms with van der Waals surface area (Å²) in [5, 5.41) is 21.9. The lowest BCUT2D eigenvalue weighted by Gasteiger charge is -2.39. The van der Waals surface area contributed by atoms with Crippen molar-refractivity contribution in [2.24, 2.45) is 5.92 Å². The average Bonchev–Trinajstić information content (AvgIpc) is 2.68. The van der Waals surface area contributed by atoms with Gasteiger partial charge in [-0.25, -0.2) is 4.79 Å². The van der Waals surface area contributed by atoms with Crippen molar-refractivity contribution in [3.8, 4) is 11.8 Å². The maximum absolute atomic E-state index is 12.5. The SMILES string of the molecule is CC#CC(C)(C)c1ccc(N(CC)CC)cc1[C@](O)(C(=O)O)C1CCCCC1. The second-order valence-corrected chi connectivity index (χ2v) is 8.31. The quantitative estimate of drug-likeness (QED) is 0.669. The van der Waals surface area contributed by atoms with E-state index in [2.05, 4.69) is 30.6 Å². The average molecular weight is 386 g/mol. The van der Waals surface area contributed by atoms with Crippen molar-refractivity contribution in [1.29, 1.82) is 0 Å². The lowest BCUT2D eigenvalue weighted by atomic mass is 9.69. The predicted molar refractivity (Wildman–Crippen MR) is 115 cm³/mol. The highest BCUT2D eigenvalue weighted by Crippen LogP contribution is 2.44. The van der Waals surface area contributed by atoms with Crippen molar-refractivity contribution in [1.82, 2.24) is 0 Å². The molecule has 0 saturated heterocycles. The molecular formula is C24H35NO3. The van der Waals surface area contributed by atoms with Crippen LogP contribution in [0.25, 0.3) is 0 Å². The van der Waals surface area contributed by atoms with Gasteiger partial charge in [-0.15, -0.1) is 5.92 Å². The van der Waals surface area contributed by atoms with Crippen molar-refractivity contribution < 1.29 is 15.0 Å². The van der Waals surface area contributed by atoms with Crippen LogP contribution in [0.3, 0.4) is 0 Å². The molecule has 1 atom stereocenters. The summed E-state index contributed by atoms with van der Waals surface area (Å²) in [6, 6.07) is 5.88. The highest BCUT2D eigenvalue weighted by Gasteiger charge is 2.48. The Labute approximate surface area is 170 Å². The van der Waals surface area contributed by atoms with E-state index in [9.17, 15) is 15.0 Å². The molecule has 1 aromatic rings. The summed E-state index contributed by atoms with van der Waals surface area (Å²) >= 11 is 0. The summed E-state index contributed by atoms with van der Waals surface area (Å²) in [4.78, 5) is 14.7. The molecule has 0 unspecified atom stereocenters. The molecule has 154 valence electrons. The number of hydrogen-bond donors (Lipinski definition) is 2. The Kier molecular flexibility index (Phi) is 7.17. The fraction of sp³-hybridized carbons (Fsp3) is 0.625. The van der Waals surface area contributed by atoms with Crippen molar-refractivity contribution in [2.45, 2.75) is 77.7 Å². The number of benzene rings is 1. The van der Waals surface area contributed by atoms with Crippen molar-refractivity contribution in [3.63, 3.8) is 0 Å². The molecule has 0 spiro atoms. The van der Waals surface area contributed by atoms with Crippen LogP contribution in [0.5, 0.6) is 0 Å². The van der Waals surface area contributed by atoms with E-state index in [1.165, 1.54) is 0 Å². The van der Waals surface area contributed by atoms with Gasteiger partial charge >= 0.3 is 5.97 Å². The zero-order valence-corrected chi connectivity index (χ0v) is 18.0. The first kappa shape index (κ1) is 22.3. The van der Waals surface area contributed by atoms with Gasteiger partial charge in [0.15, 0.2) is 5.60 Å². The first-order chi connectivity index (χ1) is 13.2. The maximum atomic E-state index is 12.5. The fourth-order valence-electron chi connectivity index (χ4n) is 4.59. The van der Waals surface area contributed by atoms with E-state index >= 15 is 0 Å². The molecule has 0 aliphatic heterocycles. The number of hydrogen-bond acceptors (Lipinski definition) is 3. The molecule has 1 saturated carbocycles. The molecule has 4 heteroatoms. The molecule has 0 bridgehead atoms. The number of carboxylic acid groups (broad SMARTS) is 1. The van der Waals surface area contributed by atoms with Crippen LogP contribution in [0.1, 0.15) is 77.8 Å². The standard InChI is InChI=1S/C24H35NO3/c1-6-16-23(4,5)20-15-14-19(25(7-2)8-3)17-21(20)24(28,22(26)27)18-12-10-9-11-13-18/h14-15,17-18,28H,7-13H2,1-5H3,(H,26,27)/t24-/m0/s1. The predicted octanol–water partition coefficient (Wildman–Crippen LogP) is 4.69. The Morgan fingerprint density at radius 3 is 2.25 bits per heavy atom. The molecule has 1 fully saturated rings. The second-order valence-electron chi connectivity index (χ2n) is 8.31. The van der Waals surface area contributed by atoms with Gasteiger partial charge in [0.2, 0.25) is 0 Å². The third-order valence-corrected chi connectivity index (χ3v) is 6.18. The van der Waals surface area contributed by atoms with Gasteiger partial charge in [0.25, 0.3) is 0 Å². The van der Waals surface area contributed by atoms with Gasteiger partial charge in [-0.2, -0.15) is 0 Å². The molecule has 28 heavy (non-hydrogen) atoms. The molecule has 1 aliphatic rings. The van der Waals surface area contributed by atoms with Crippen LogP contribution in [0, 0.1) is 17.8 Å². The molecule has 1 aromatic carbocycles. The van der Waals surface area contributed by atoms with Crippen molar-refractivity contribution in [2.75, 3.05) is 18.0 Å². The number of aliphatic carboxylic acids is 1. The normalized spacial score (nSPS) is 17.4. The zero-order chi connectivity index (χ0) is 20.9. The Hall–Kier alpha value is -1.99. The molecule has 2 N–H and O–H groups in total. The van der Waals surface area contributed by atoms with E-state index in [4.69, 9.17) is 0 Å². The molecule has 4 nitrogen and oxygen atoms in total. The summed E-state index contributed by atoms with van der Waals surface area (Å²) < 4.78 is 0. The fourth-order valence-corrected chi connectivity index (χ4v) is 4.59. The minimum Gasteiger partial charge on any atom is -0.479 e. The molecular weight excluding hydrogens is 350 g/mol. The van der Waals surface area contributed by atoms with Crippen LogP contribution in [0.15, 0.2) is 18.2 Å². The van der Waals surface area contributed by atoms with E-state index in [1.807, 2.05) is 32.0 Å². The number of carbonyl (C=O) groups is 1. The van der Waals surface area contributed by atoms with Gasteiger partial charge in [-0.1, -0.05) is 31.2 Å². The molecule has 1 aliphatic carbocycles. The third-order valence-electron chi connectivity index (χ3n) is 6.18. The molecule has 0 radical (unpaired) electrons. The van der Waals surface area contributed by atoms with Crippen molar-refractivity contribution >= 4 is 11.7 Å². The van der Waals surface area contributed by atoms with Crippen LogP contribution in [-0.2, 0) is 15.8 Å². The Morgan fingerprint density at radius 2 is 1.75 bits per heavy atom. The number of anilines is 1. The van der Waals surface area contributed by atoms with Crippen LogP contribution < -0.4 is 4.90 Å². The van der Waals surface area contributed by atoms with E-state index < -0.39 is 17.0 Å². The summed E-state index contributed by atoms with van der Waals surface area (Å²) in [6.45, 7) is 11.6. The topological polar surface area (TPSA) is 60.8 Å². The van der Waals surface area contributed by atoms with Crippen molar-refractivity contribution in [3.05, 3.63) is 29.3 Å². The second kappa shape index (κ2) is 9.01. The third kappa shape index (κ3) is 4.20. The Balaban J connectivity index is 2.75. The van der Waals surface area contributed by atoms with Crippen LogP contribution in [0.2, 0.25) is 0 Å². The van der Waals surface area contributed by atoms with E-state index in [0.717, 1.165) is 56.4 Å². The van der Waals surface area contributed by atoms with Gasteiger partial charge in [-0.3, -0.25) is 0 Å². The number of nitrogens with zero attached hydrogens (tertiary/aromatic N) is 1. The minimum absolute atomic E-state index is 0.283. The summed E-state index contributed by atoms with van der Waals surface area (Å²) in [6.07, 6.45) is 4.49. The zero-order valence-electron chi connectivity index (χ0n) is 18.0. The Bertz CT molecular complexity index is 749. The van der Waals surface area contributed by atoms with E-state index in [1.54, 1.807) is 6.92 Å². The number of rotatable bonds is 7. The summed E-state index contributed by atoms with van der Waals surface area (Å²) in [5.41, 5.74) is -0.202. The minimum atomic E-state index is -1.90. The molecule has 0 aromatic heterocycles. The number of aliphatic hydroxyl groups is 1.